The summed E-state index contributed by atoms with van der Waals surface area (Å²) in [6.07, 6.45) is 6.47. The molecule has 1 aliphatic rings. The highest BCUT2D eigenvalue weighted by Gasteiger charge is 2.19. The van der Waals surface area contributed by atoms with Gasteiger partial charge in [0.2, 0.25) is 5.91 Å². The molecule has 0 spiro atoms. The lowest BCUT2D eigenvalue weighted by atomic mass is 10.0. The average molecular weight is 340 g/mol. The summed E-state index contributed by atoms with van der Waals surface area (Å²) in [7, 11) is 1.95. The number of carbonyl (C=O) groups is 1. The molecular formula is C20H28N4O. The van der Waals surface area contributed by atoms with E-state index in [-0.39, 0.29) is 5.91 Å². The second-order valence-corrected chi connectivity index (χ2v) is 6.96. The fourth-order valence-electron chi connectivity index (χ4n) is 3.48. The maximum Gasteiger partial charge on any atom is 0.222 e. The van der Waals surface area contributed by atoms with Gasteiger partial charge in [-0.25, -0.2) is 0 Å². The molecule has 0 radical (unpaired) electrons. The summed E-state index contributed by atoms with van der Waals surface area (Å²) in [5, 5.41) is 4.23. The Kier molecular flexibility index (Phi) is 5.87. The minimum Gasteiger partial charge on any atom is -0.341 e. The lowest BCUT2D eigenvalue weighted by molar-refractivity contribution is -0.131. The van der Waals surface area contributed by atoms with Crippen LogP contribution in [0.3, 0.4) is 0 Å². The maximum absolute atomic E-state index is 12.6. The highest BCUT2D eigenvalue weighted by atomic mass is 16.2. The first-order valence-electron chi connectivity index (χ1n) is 9.14. The zero-order valence-electron chi connectivity index (χ0n) is 15.3. The molecule has 0 aliphatic carbocycles. The van der Waals surface area contributed by atoms with Crippen molar-refractivity contribution in [2.24, 2.45) is 7.05 Å². The number of hydrogen-bond acceptors (Lipinski definition) is 3. The van der Waals surface area contributed by atoms with Gasteiger partial charge in [-0.2, -0.15) is 5.10 Å². The molecule has 0 N–H and O–H groups in total. The van der Waals surface area contributed by atoms with E-state index in [4.69, 9.17) is 0 Å². The molecule has 2 aromatic rings. The van der Waals surface area contributed by atoms with Crippen LogP contribution in [0.1, 0.15) is 29.5 Å². The van der Waals surface area contributed by atoms with Gasteiger partial charge < -0.3 is 4.90 Å². The van der Waals surface area contributed by atoms with Crippen molar-refractivity contribution in [3.05, 3.63) is 53.3 Å². The predicted octanol–water partition coefficient (Wildman–Crippen LogP) is 2.40. The molecule has 0 atom stereocenters. The van der Waals surface area contributed by atoms with Crippen molar-refractivity contribution in [2.75, 3.05) is 26.2 Å². The molecule has 3 rings (SSSR count). The third-order valence-electron chi connectivity index (χ3n) is 4.98. The minimum absolute atomic E-state index is 0.284. The van der Waals surface area contributed by atoms with Gasteiger partial charge in [0.1, 0.15) is 0 Å². The van der Waals surface area contributed by atoms with Crippen LogP contribution >= 0.6 is 0 Å². The lowest BCUT2D eigenvalue weighted by Gasteiger charge is -2.22. The zero-order chi connectivity index (χ0) is 17.6. The van der Waals surface area contributed by atoms with Gasteiger partial charge in [-0.05, 0) is 30.9 Å². The van der Waals surface area contributed by atoms with E-state index < -0.39 is 0 Å². The van der Waals surface area contributed by atoms with Crippen molar-refractivity contribution >= 4 is 5.91 Å². The zero-order valence-corrected chi connectivity index (χ0v) is 15.3. The highest BCUT2D eigenvalue weighted by molar-refractivity contribution is 5.76. The van der Waals surface area contributed by atoms with Crippen molar-refractivity contribution in [2.45, 2.75) is 32.7 Å². The number of amides is 1. The van der Waals surface area contributed by atoms with Crippen molar-refractivity contribution < 1.29 is 4.79 Å². The molecule has 1 aliphatic heterocycles. The molecule has 5 nitrogen and oxygen atoms in total. The Morgan fingerprint density at radius 1 is 1.16 bits per heavy atom. The highest BCUT2D eigenvalue weighted by Crippen LogP contribution is 2.13. The standard InChI is InChI=1S/C20H28N4O/c1-17-6-3-4-7-19(17)8-9-20(25)24-11-5-10-23(12-13-24)16-18-14-21-22(2)15-18/h3-4,6-7,14-15H,5,8-13,16H2,1-2H3. The Morgan fingerprint density at radius 3 is 2.76 bits per heavy atom. The van der Waals surface area contributed by atoms with Crippen LogP contribution in [0.4, 0.5) is 0 Å². The minimum atomic E-state index is 0.284. The number of carbonyl (C=O) groups excluding carboxylic acids is 1. The predicted molar refractivity (Wildman–Crippen MR) is 99.2 cm³/mol. The monoisotopic (exact) mass is 340 g/mol. The van der Waals surface area contributed by atoms with Crippen LogP contribution in [0.25, 0.3) is 0 Å². The molecule has 1 aromatic carbocycles. The fraction of sp³-hybridized carbons (Fsp3) is 0.500. The Morgan fingerprint density at radius 2 is 2.00 bits per heavy atom. The van der Waals surface area contributed by atoms with Gasteiger partial charge in [-0.1, -0.05) is 24.3 Å². The molecule has 1 saturated heterocycles. The van der Waals surface area contributed by atoms with Crippen LogP contribution in [0.15, 0.2) is 36.7 Å². The van der Waals surface area contributed by atoms with Gasteiger partial charge >= 0.3 is 0 Å². The maximum atomic E-state index is 12.6. The molecule has 25 heavy (non-hydrogen) atoms. The number of benzene rings is 1. The average Bonchev–Trinajstić information content (AvgIpc) is 2.87. The molecule has 0 bridgehead atoms. The number of aryl methyl sites for hydroxylation is 3. The van der Waals surface area contributed by atoms with E-state index >= 15 is 0 Å². The molecule has 1 amide bonds. The quantitative estimate of drug-likeness (QED) is 0.839. The smallest absolute Gasteiger partial charge is 0.222 e. The molecule has 134 valence electrons. The van der Waals surface area contributed by atoms with E-state index in [0.717, 1.165) is 45.6 Å². The Balaban J connectivity index is 1.48. The Labute approximate surface area is 150 Å². The first-order valence-corrected chi connectivity index (χ1v) is 9.14. The fourth-order valence-corrected chi connectivity index (χ4v) is 3.48. The van der Waals surface area contributed by atoms with Crippen LogP contribution in [-0.4, -0.2) is 51.7 Å². The van der Waals surface area contributed by atoms with Crippen molar-refractivity contribution in [3.8, 4) is 0 Å². The second-order valence-electron chi connectivity index (χ2n) is 6.96. The van der Waals surface area contributed by atoms with Gasteiger partial charge in [0.15, 0.2) is 0 Å². The number of aromatic nitrogens is 2. The summed E-state index contributed by atoms with van der Waals surface area (Å²) in [4.78, 5) is 17.1. The van der Waals surface area contributed by atoms with E-state index in [2.05, 4.69) is 41.3 Å². The third kappa shape index (κ3) is 4.92. The van der Waals surface area contributed by atoms with E-state index in [0.29, 0.717) is 6.42 Å². The molecule has 2 heterocycles. The number of rotatable bonds is 5. The lowest BCUT2D eigenvalue weighted by Crippen LogP contribution is -2.35. The molecule has 0 unspecified atom stereocenters. The third-order valence-corrected chi connectivity index (χ3v) is 4.98. The van der Waals surface area contributed by atoms with E-state index in [1.807, 2.05) is 28.9 Å². The molecule has 5 heteroatoms. The summed E-state index contributed by atoms with van der Waals surface area (Å²) >= 11 is 0. The first-order chi connectivity index (χ1) is 12.1. The van der Waals surface area contributed by atoms with Crippen LogP contribution in [0.5, 0.6) is 0 Å². The summed E-state index contributed by atoms with van der Waals surface area (Å²) in [5.41, 5.74) is 3.79. The summed E-state index contributed by atoms with van der Waals surface area (Å²) in [5.74, 6) is 0.284. The molecule has 0 saturated carbocycles. The van der Waals surface area contributed by atoms with Gasteiger partial charge in [-0.3, -0.25) is 14.4 Å². The SMILES string of the molecule is Cc1ccccc1CCC(=O)N1CCCN(Cc2cnn(C)c2)CC1. The number of hydrogen-bond donors (Lipinski definition) is 0. The summed E-state index contributed by atoms with van der Waals surface area (Å²) in [6.45, 7) is 6.70. The van der Waals surface area contributed by atoms with Crippen LogP contribution in [0, 0.1) is 6.92 Å². The van der Waals surface area contributed by atoms with Gasteiger partial charge in [0.05, 0.1) is 6.20 Å². The number of nitrogens with zero attached hydrogens (tertiary/aromatic N) is 4. The normalized spacial score (nSPS) is 16.0. The van der Waals surface area contributed by atoms with Crippen molar-refractivity contribution in [3.63, 3.8) is 0 Å². The summed E-state index contributed by atoms with van der Waals surface area (Å²) < 4.78 is 1.84. The van der Waals surface area contributed by atoms with Gasteiger partial charge in [0, 0.05) is 58.0 Å². The van der Waals surface area contributed by atoms with Crippen LogP contribution < -0.4 is 0 Å². The molecular weight excluding hydrogens is 312 g/mol. The van der Waals surface area contributed by atoms with Crippen LogP contribution in [-0.2, 0) is 24.8 Å². The van der Waals surface area contributed by atoms with E-state index in [1.54, 1.807) is 0 Å². The van der Waals surface area contributed by atoms with Crippen molar-refractivity contribution in [1.82, 2.24) is 19.6 Å². The van der Waals surface area contributed by atoms with E-state index in [1.165, 1.54) is 16.7 Å². The largest absolute Gasteiger partial charge is 0.341 e. The molecule has 1 fully saturated rings. The van der Waals surface area contributed by atoms with Gasteiger partial charge in [0.25, 0.3) is 0 Å². The summed E-state index contributed by atoms with van der Waals surface area (Å²) in [6, 6.07) is 8.34. The van der Waals surface area contributed by atoms with E-state index in [9.17, 15) is 4.79 Å². The topological polar surface area (TPSA) is 41.4 Å². The second kappa shape index (κ2) is 8.30. The molecule has 1 aromatic heterocycles. The van der Waals surface area contributed by atoms with Gasteiger partial charge in [-0.15, -0.1) is 0 Å². The van der Waals surface area contributed by atoms with Crippen LogP contribution in [0.2, 0.25) is 0 Å². The first kappa shape index (κ1) is 17.7. The Bertz CT molecular complexity index is 709. The van der Waals surface area contributed by atoms with Crippen molar-refractivity contribution in [1.29, 1.82) is 0 Å². The Hall–Kier alpha value is -2.14.